The first-order valence-corrected chi connectivity index (χ1v) is 19.3. The van der Waals surface area contributed by atoms with Crippen LogP contribution in [-0.2, 0) is 19.5 Å². The third kappa shape index (κ3) is 14.4. The number of phenols is 3. The number of hydrogen-bond donors (Lipinski definition) is 6. The number of aromatic amines is 1. The zero-order valence-electron chi connectivity index (χ0n) is 30.8. The number of aromatic hydroxyl groups is 3. The predicted octanol–water partition coefficient (Wildman–Crippen LogP) is -0.520. The molecule has 0 aliphatic heterocycles. The number of hydrogen-bond acceptors (Lipinski definition) is 18. The van der Waals surface area contributed by atoms with Crippen LogP contribution in [0.1, 0.15) is 0 Å². The number of nitrogens with one attached hydrogen (secondary N) is 1. The first-order chi connectivity index (χ1) is 28.6. The van der Waals surface area contributed by atoms with Crippen LogP contribution in [0.25, 0.3) is 67.0 Å². The molecule has 0 unspecified atom stereocenters. The van der Waals surface area contributed by atoms with Crippen molar-refractivity contribution in [2.24, 2.45) is 0 Å². The Balaban J connectivity index is 0.000000196. The third-order valence-electron chi connectivity index (χ3n) is 7.57. The zero-order valence-corrected chi connectivity index (χ0v) is 34.0. The van der Waals surface area contributed by atoms with Crippen molar-refractivity contribution >= 4 is 32.8 Å². The third-order valence-corrected chi connectivity index (χ3v) is 7.57. The molecule has 0 amide bonds. The molecule has 0 fully saturated rings. The van der Waals surface area contributed by atoms with Crippen LogP contribution in [0, 0.1) is 20.5 Å². The Morgan fingerprint density at radius 3 is 1.15 bits per heavy atom. The monoisotopic (exact) mass is 958 g/mol. The minimum absolute atomic E-state index is 0. The first-order valence-electron chi connectivity index (χ1n) is 16.7. The molecule has 0 bridgehead atoms. The molecule has 19 nitrogen and oxygen atoms in total. The van der Waals surface area contributed by atoms with Gasteiger partial charge in [-0.05, 0) is 72.8 Å². The van der Waals surface area contributed by atoms with Crippen molar-refractivity contribution in [3.05, 3.63) is 146 Å². The van der Waals surface area contributed by atoms with Gasteiger partial charge in [-0.2, -0.15) is 28.0 Å². The molecule has 312 valence electrons. The first kappa shape index (κ1) is 47.3. The quantitative estimate of drug-likeness (QED) is 0.0958. The van der Waals surface area contributed by atoms with Crippen LogP contribution >= 0.6 is 0 Å². The number of pyridine rings is 6. The summed E-state index contributed by atoms with van der Waals surface area (Å²) in [5.41, 5.74) is 6.64. The van der Waals surface area contributed by atoms with Crippen molar-refractivity contribution in [1.82, 2.24) is 39.9 Å². The fraction of sp³-hybridized carbons (Fsp3) is 0. The number of aromatic nitrogens is 8. The number of nitrogens with zero attached hydrogens (tertiary/aromatic N) is 7. The van der Waals surface area contributed by atoms with Crippen LogP contribution in [0.4, 0.5) is 0 Å². The fourth-order valence-electron chi connectivity index (χ4n) is 5.36. The number of rotatable bonds is 3. The molecule has 0 aliphatic carbocycles. The van der Waals surface area contributed by atoms with Crippen LogP contribution in [0.15, 0.2) is 146 Å². The normalized spacial score (nSPS) is 10.7. The van der Waals surface area contributed by atoms with Crippen LogP contribution in [0.3, 0.4) is 0 Å². The zero-order chi connectivity index (χ0) is 43.3. The van der Waals surface area contributed by atoms with E-state index in [-0.39, 0.29) is 48.1 Å². The maximum atomic E-state index is 10.2. The van der Waals surface area contributed by atoms with E-state index in [1.807, 2.05) is 97.1 Å². The number of benzene rings is 2. The standard InChI is InChI=1S/C19H12N4O3.2C10H8N2.2ClHO4.Ru/c24-9-7-12(25)14(13(26)8-9)19-22-17-10-3-1-5-20-15(10)16-11(18(17)23-19)4-2-6-21-16;2*1-3-7-11-9(5-1)10-6-2-4-8-12-10;2*2-1(3,4)5;/h1-8,24-26H,(H,22,23);2*1-8H;2*(H,2,3,4,5);/q;;;;;+2. The number of fused-ring (bicyclic) bond motifs is 6. The average Bonchev–Trinajstić information content (AvgIpc) is 3.67. The van der Waals surface area contributed by atoms with E-state index < -0.39 is 20.5 Å². The molecule has 7 heterocycles. The van der Waals surface area contributed by atoms with Crippen molar-refractivity contribution < 1.29 is 92.6 Å². The molecule has 0 radical (unpaired) electrons. The van der Waals surface area contributed by atoms with Crippen LogP contribution in [-0.4, -0.2) is 64.5 Å². The summed E-state index contributed by atoms with van der Waals surface area (Å²) in [5.74, 6) is -0.487. The SMILES string of the molecule is Oc1cc(O)c(-c2nc3c4cccnc4c4ncccc4c3[nH]2)c(O)c1.[O-][Cl+3]([O-])([O-])O.[O-][Cl+3]([O-])([O-])O.[Ru+2].c1ccc(-c2ccccn2)nc1.c1ccc(-c2ccccn2)nc1. The van der Waals surface area contributed by atoms with E-state index in [1.54, 1.807) is 37.2 Å². The molecule has 0 aliphatic rings. The molecule has 2 aromatic carbocycles. The largest absolute Gasteiger partial charge is 2.00 e. The predicted molar refractivity (Wildman–Crippen MR) is 196 cm³/mol. The Morgan fingerprint density at radius 1 is 0.443 bits per heavy atom. The van der Waals surface area contributed by atoms with E-state index >= 15 is 0 Å². The summed E-state index contributed by atoms with van der Waals surface area (Å²) in [7, 11) is -9.39. The van der Waals surface area contributed by atoms with Gasteiger partial charge in [0, 0.05) is 60.1 Å². The molecule has 9 rings (SSSR count). The van der Waals surface area contributed by atoms with Crippen molar-refractivity contribution in [3.8, 4) is 51.4 Å². The second kappa shape index (κ2) is 21.7. The van der Waals surface area contributed by atoms with Gasteiger partial charge in [0.25, 0.3) is 0 Å². The maximum Gasteiger partial charge on any atom is 2.00 e. The molecule has 0 spiro atoms. The molecule has 0 saturated heterocycles. The van der Waals surface area contributed by atoms with Gasteiger partial charge in [-0.3, -0.25) is 29.9 Å². The molecule has 6 N–H and O–H groups in total. The second-order valence-electron chi connectivity index (χ2n) is 11.6. The molecular weight excluding hydrogens is 928 g/mol. The second-order valence-corrected chi connectivity index (χ2v) is 13.2. The van der Waals surface area contributed by atoms with Gasteiger partial charge < -0.3 is 20.3 Å². The summed E-state index contributed by atoms with van der Waals surface area (Å²) >= 11 is 0. The fourth-order valence-corrected chi connectivity index (χ4v) is 5.36. The van der Waals surface area contributed by atoms with Gasteiger partial charge in [0.15, 0.2) is 0 Å². The van der Waals surface area contributed by atoms with Crippen molar-refractivity contribution in [3.63, 3.8) is 0 Å². The van der Waals surface area contributed by atoms with Gasteiger partial charge in [-0.1, -0.05) is 24.3 Å². The number of phenolic OH excluding ortho intramolecular Hbond substituents is 3. The minimum atomic E-state index is -4.69. The van der Waals surface area contributed by atoms with Gasteiger partial charge >= 0.3 is 19.5 Å². The summed E-state index contributed by atoms with van der Waals surface area (Å²) in [4.78, 5) is 33.4. The summed E-state index contributed by atoms with van der Waals surface area (Å²) in [6.07, 6.45) is 10.5. The van der Waals surface area contributed by atoms with E-state index in [4.69, 9.17) is 37.3 Å². The molecule has 61 heavy (non-hydrogen) atoms. The number of halogens is 2. The van der Waals surface area contributed by atoms with E-state index in [2.05, 4.69) is 39.9 Å². The number of imidazole rings is 1. The van der Waals surface area contributed by atoms with E-state index in [1.165, 1.54) is 0 Å². The average molecular weight is 959 g/mol. The minimum Gasteiger partial charge on any atom is -0.508 e. The molecule has 9 aromatic rings. The van der Waals surface area contributed by atoms with Gasteiger partial charge in [0.2, 0.25) is 0 Å². The Labute approximate surface area is 361 Å². The van der Waals surface area contributed by atoms with E-state index in [0.29, 0.717) is 5.52 Å². The van der Waals surface area contributed by atoms with Gasteiger partial charge in [-0.25, -0.2) is 4.98 Å². The molecule has 0 saturated carbocycles. The summed E-state index contributed by atoms with van der Waals surface area (Å²) in [6, 6.07) is 33.0. The Kier molecular flexibility index (Phi) is 16.9. The molecule has 7 aromatic heterocycles. The van der Waals surface area contributed by atoms with Gasteiger partial charge in [-0.15, -0.1) is 0 Å². The molecular formula is C39H30Cl2N8O11Ru+2. The maximum absolute atomic E-state index is 10.2. The Morgan fingerprint density at radius 2 is 0.787 bits per heavy atom. The summed E-state index contributed by atoms with van der Waals surface area (Å²) < 4.78 is 65.4. The van der Waals surface area contributed by atoms with E-state index in [0.717, 1.165) is 62.2 Å². The Bertz CT molecular complexity index is 2490. The van der Waals surface area contributed by atoms with Crippen molar-refractivity contribution in [2.75, 3.05) is 0 Å². The summed E-state index contributed by atoms with van der Waals surface area (Å²) in [5, 5.41) is 31.5. The van der Waals surface area contributed by atoms with E-state index in [9.17, 15) is 15.3 Å². The number of H-pyrrole nitrogens is 1. The van der Waals surface area contributed by atoms with Crippen molar-refractivity contribution in [2.45, 2.75) is 0 Å². The van der Waals surface area contributed by atoms with Gasteiger partial charge in [0.05, 0.1) is 74.6 Å². The van der Waals surface area contributed by atoms with Gasteiger partial charge in [0.1, 0.15) is 28.6 Å². The van der Waals surface area contributed by atoms with Crippen molar-refractivity contribution in [1.29, 1.82) is 0 Å². The summed E-state index contributed by atoms with van der Waals surface area (Å²) in [6.45, 7) is 0. The van der Waals surface area contributed by atoms with Crippen LogP contribution < -0.4 is 28.0 Å². The smallest absolute Gasteiger partial charge is 0.508 e. The molecule has 0 atom stereocenters. The molecule has 22 heteroatoms. The van der Waals surface area contributed by atoms with Crippen LogP contribution in [0.2, 0.25) is 0 Å². The topological polar surface area (TPSA) is 346 Å². The van der Waals surface area contributed by atoms with Crippen LogP contribution in [0.5, 0.6) is 17.2 Å². The Hall–Kier alpha value is -6.39.